The summed E-state index contributed by atoms with van der Waals surface area (Å²) in [5, 5.41) is 1.39. The highest BCUT2D eigenvalue weighted by molar-refractivity contribution is 6.33. The lowest BCUT2D eigenvalue weighted by atomic mass is 9.98. The summed E-state index contributed by atoms with van der Waals surface area (Å²) in [4.78, 5) is 0. The molecule has 0 saturated heterocycles. The van der Waals surface area contributed by atoms with Crippen molar-refractivity contribution >= 4 is 23.2 Å². The van der Waals surface area contributed by atoms with Crippen molar-refractivity contribution in [2.24, 2.45) is 11.7 Å². The minimum atomic E-state index is -0.0152. The van der Waals surface area contributed by atoms with E-state index in [9.17, 15) is 0 Å². The third-order valence-electron chi connectivity index (χ3n) is 2.41. The molecule has 15 heavy (non-hydrogen) atoms. The molecule has 0 spiro atoms. The van der Waals surface area contributed by atoms with Crippen molar-refractivity contribution in [2.45, 2.75) is 32.7 Å². The van der Waals surface area contributed by atoms with Gasteiger partial charge in [0, 0.05) is 16.1 Å². The van der Waals surface area contributed by atoms with Crippen LogP contribution in [0.5, 0.6) is 0 Å². The van der Waals surface area contributed by atoms with Crippen LogP contribution in [0.1, 0.15) is 38.3 Å². The summed E-state index contributed by atoms with van der Waals surface area (Å²) < 4.78 is 0. The summed E-state index contributed by atoms with van der Waals surface area (Å²) in [6.45, 7) is 4.37. The Morgan fingerprint density at radius 1 is 1.20 bits per heavy atom. The van der Waals surface area contributed by atoms with Crippen LogP contribution in [-0.4, -0.2) is 0 Å². The molecule has 0 unspecified atom stereocenters. The Hall–Kier alpha value is -0.240. The zero-order chi connectivity index (χ0) is 11.4. The van der Waals surface area contributed by atoms with Crippen LogP contribution in [-0.2, 0) is 0 Å². The van der Waals surface area contributed by atoms with E-state index in [4.69, 9.17) is 28.9 Å². The number of benzene rings is 1. The largest absolute Gasteiger partial charge is 0.324 e. The molecule has 0 amide bonds. The molecule has 3 heteroatoms. The molecule has 0 bridgehead atoms. The second kappa shape index (κ2) is 5.74. The van der Waals surface area contributed by atoms with Gasteiger partial charge in [0.1, 0.15) is 0 Å². The minimum Gasteiger partial charge on any atom is -0.324 e. The fourth-order valence-electron chi connectivity index (χ4n) is 1.47. The average Bonchev–Trinajstić information content (AvgIpc) is 2.18. The first kappa shape index (κ1) is 12.8. The molecule has 1 rings (SSSR count). The van der Waals surface area contributed by atoms with Crippen molar-refractivity contribution in [3.63, 3.8) is 0 Å². The van der Waals surface area contributed by atoms with Crippen LogP contribution in [0, 0.1) is 5.92 Å². The first-order chi connectivity index (χ1) is 7.00. The summed E-state index contributed by atoms with van der Waals surface area (Å²) in [5.41, 5.74) is 7.02. The molecule has 1 aromatic rings. The van der Waals surface area contributed by atoms with E-state index in [-0.39, 0.29) is 6.04 Å². The number of rotatable bonds is 4. The van der Waals surface area contributed by atoms with E-state index in [1.165, 1.54) is 0 Å². The predicted octanol–water partition coefficient (Wildman–Crippen LogP) is 4.43. The molecular formula is C12H17Cl2N. The summed E-state index contributed by atoms with van der Waals surface area (Å²) in [5.74, 6) is 0.661. The van der Waals surface area contributed by atoms with E-state index < -0.39 is 0 Å². The lowest BCUT2D eigenvalue weighted by Gasteiger charge is -2.15. The van der Waals surface area contributed by atoms with E-state index in [0.717, 1.165) is 18.4 Å². The molecule has 2 N–H and O–H groups in total. The van der Waals surface area contributed by atoms with Crippen molar-refractivity contribution in [3.8, 4) is 0 Å². The molecule has 0 fully saturated rings. The molecule has 0 saturated carbocycles. The van der Waals surface area contributed by atoms with E-state index >= 15 is 0 Å². The zero-order valence-electron chi connectivity index (χ0n) is 9.13. The Morgan fingerprint density at radius 2 is 1.87 bits per heavy atom. The van der Waals surface area contributed by atoms with Gasteiger partial charge >= 0.3 is 0 Å². The van der Waals surface area contributed by atoms with Gasteiger partial charge in [0.25, 0.3) is 0 Å². The van der Waals surface area contributed by atoms with E-state index in [1.54, 1.807) is 12.1 Å². The Morgan fingerprint density at radius 3 is 2.47 bits per heavy atom. The molecule has 0 aliphatic carbocycles. The molecule has 0 radical (unpaired) electrons. The Labute approximate surface area is 102 Å². The first-order valence-electron chi connectivity index (χ1n) is 5.21. The molecule has 0 aliphatic heterocycles. The van der Waals surface area contributed by atoms with Crippen molar-refractivity contribution in [1.29, 1.82) is 0 Å². The van der Waals surface area contributed by atoms with Gasteiger partial charge in [-0.05, 0) is 42.5 Å². The summed E-state index contributed by atoms with van der Waals surface area (Å²) in [6.07, 6.45) is 2.04. The highest BCUT2D eigenvalue weighted by Gasteiger charge is 2.11. The molecule has 84 valence electrons. The van der Waals surface area contributed by atoms with Gasteiger partial charge in [-0.25, -0.2) is 0 Å². The molecule has 1 aromatic carbocycles. The van der Waals surface area contributed by atoms with Crippen LogP contribution in [0.4, 0.5) is 0 Å². The van der Waals surface area contributed by atoms with Gasteiger partial charge in [-0.1, -0.05) is 37.0 Å². The van der Waals surface area contributed by atoms with Crippen molar-refractivity contribution in [3.05, 3.63) is 33.8 Å². The van der Waals surface area contributed by atoms with Gasteiger partial charge in [0.2, 0.25) is 0 Å². The maximum atomic E-state index is 6.07. The van der Waals surface area contributed by atoms with E-state index in [1.807, 2.05) is 6.07 Å². The fraction of sp³-hybridized carbons (Fsp3) is 0.500. The van der Waals surface area contributed by atoms with Crippen LogP contribution in [0.15, 0.2) is 18.2 Å². The molecule has 0 aliphatic rings. The number of halogens is 2. The van der Waals surface area contributed by atoms with E-state index in [2.05, 4.69) is 13.8 Å². The van der Waals surface area contributed by atoms with E-state index in [0.29, 0.717) is 16.0 Å². The van der Waals surface area contributed by atoms with Crippen molar-refractivity contribution in [2.75, 3.05) is 0 Å². The summed E-state index contributed by atoms with van der Waals surface area (Å²) in [7, 11) is 0. The SMILES string of the molecule is CC(C)CC[C@@H](N)c1cc(Cl)ccc1Cl. The maximum Gasteiger partial charge on any atom is 0.0454 e. The second-order valence-corrected chi connectivity index (χ2v) is 5.09. The standard InChI is InChI=1S/C12H17Cl2N/c1-8(2)3-6-12(15)10-7-9(13)4-5-11(10)14/h4-5,7-8,12H,3,6,15H2,1-2H3/t12-/m1/s1. The maximum absolute atomic E-state index is 6.07. The molecule has 1 atom stereocenters. The highest BCUT2D eigenvalue weighted by Crippen LogP contribution is 2.28. The van der Waals surface area contributed by atoms with Crippen LogP contribution in [0.25, 0.3) is 0 Å². The Balaban J connectivity index is 2.72. The highest BCUT2D eigenvalue weighted by atomic mass is 35.5. The van der Waals surface area contributed by atoms with Gasteiger partial charge < -0.3 is 5.73 Å². The third-order valence-corrected chi connectivity index (χ3v) is 2.99. The number of hydrogen-bond acceptors (Lipinski definition) is 1. The lowest BCUT2D eigenvalue weighted by molar-refractivity contribution is 0.507. The van der Waals surface area contributed by atoms with Crippen LogP contribution in [0.2, 0.25) is 10.0 Å². The third kappa shape index (κ3) is 4.02. The van der Waals surface area contributed by atoms with Gasteiger partial charge in [0.05, 0.1) is 0 Å². The monoisotopic (exact) mass is 245 g/mol. The topological polar surface area (TPSA) is 26.0 Å². The van der Waals surface area contributed by atoms with Gasteiger partial charge in [-0.15, -0.1) is 0 Å². The Kier molecular flexibility index (Phi) is 4.91. The first-order valence-corrected chi connectivity index (χ1v) is 5.97. The number of nitrogens with two attached hydrogens (primary N) is 1. The normalized spacial score (nSPS) is 13.2. The van der Waals surface area contributed by atoms with Crippen LogP contribution < -0.4 is 5.73 Å². The average molecular weight is 246 g/mol. The fourth-order valence-corrected chi connectivity index (χ4v) is 1.91. The quantitative estimate of drug-likeness (QED) is 0.835. The van der Waals surface area contributed by atoms with Crippen LogP contribution in [0.3, 0.4) is 0 Å². The Bertz CT molecular complexity index is 323. The van der Waals surface area contributed by atoms with Crippen LogP contribution >= 0.6 is 23.2 Å². The molecular weight excluding hydrogens is 229 g/mol. The lowest BCUT2D eigenvalue weighted by Crippen LogP contribution is -2.11. The van der Waals surface area contributed by atoms with Gasteiger partial charge in [-0.3, -0.25) is 0 Å². The minimum absolute atomic E-state index is 0.0152. The molecule has 1 nitrogen and oxygen atoms in total. The van der Waals surface area contributed by atoms with Crippen molar-refractivity contribution in [1.82, 2.24) is 0 Å². The van der Waals surface area contributed by atoms with Crippen molar-refractivity contribution < 1.29 is 0 Å². The van der Waals surface area contributed by atoms with Gasteiger partial charge in [-0.2, -0.15) is 0 Å². The predicted molar refractivity (Wildman–Crippen MR) is 67.5 cm³/mol. The smallest absolute Gasteiger partial charge is 0.0454 e. The number of hydrogen-bond donors (Lipinski definition) is 1. The second-order valence-electron chi connectivity index (χ2n) is 4.24. The van der Waals surface area contributed by atoms with Gasteiger partial charge in [0.15, 0.2) is 0 Å². The summed E-state index contributed by atoms with van der Waals surface area (Å²) >= 11 is 12.0. The summed E-state index contributed by atoms with van der Waals surface area (Å²) in [6, 6.07) is 5.42. The molecule has 0 aromatic heterocycles. The zero-order valence-corrected chi connectivity index (χ0v) is 10.6. The molecule has 0 heterocycles.